The number of pyridine rings is 1. The highest BCUT2D eigenvalue weighted by Crippen LogP contribution is 2.58. The minimum atomic E-state index is 0.719. The van der Waals surface area contributed by atoms with Crippen molar-refractivity contribution in [2.24, 2.45) is 23.7 Å². The Labute approximate surface area is 113 Å². The van der Waals surface area contributed by atoms with Gasteiger partial charge in [0.15, 0.2) is 0 Å². The predicted octanol–water partition coefficient (Wildman–Crippen LogP) is 3.58. The van der Waals surface area contributed by atoms with E-state index in [0.29, 0.717) is 0 Å². The molecule has 4 aliphatic carbocycles. The van der Waals surface area contributed by atoms with Gasteiger partial charge in [-0.25, -0.2) is 4.98 Å². The van der Waals surface area contributed by atoms with Crippen LogP contribution in [0, 0.1) is 23.7 Å². The molecule has 0 radical (unpaired) electrons. The Bertz CT molecular complexity index is 432. The Morgan fingerprint density at radius 1 is 1.06 bits per heavy atom. The number of rotatable bonds is 2. The second kappa shape index (κ2) is 4.16. The Hall–Kier alpha value is -0.700. The summed E-state index contributed by atoms with van der Waals surface area (Å²) in [5.74, 6) is 4.72. The summed E-state index contributed by atoms with van der Waals surface area (Å²) in [6.45, 7) is 0. The molecule has 0 amide bonds. The maximum atomic E-state index is 5.99. The van der Waals surface area contributed by atoms with E-state index < -0.39 is 0 Å². The van der Waals surface area contributed by atoms with Crippen molar-refractivity contribution in [3.05, 3.63) is 18.3 Å². The molecule has 2 N–H and O–H groups in total. The van der Waals surface area contributed by atoms with Gasteiger partial charge in [0.2, 0.25) is 0 Å². The summed E-state index contributed by atoms with van der Waals surface area (Å²) in [5, 5.41) is 0.810. The van der Waals surface area contributed by atoms with Gasteiger partial charge in [-0.3, -0.25) is 0 Å². The average Bonchev–Trinajstić information content (AvgIpc) is 2.35. The van der Waals surface area contributed by atoms with Crippen LogP contribution in [0.1, 0.15) is 32.1 Å². The molecule has 5 rings (SSSR count). The second-order valence-corrected chi connectivity index (χ2v) is 7.62. The highest BCUT2D eigenvalue weighted by molar-refractivity contribution is 8.00. The zero-order chi connectivity index (χ0) is 12.1. The number of nitrogens with two attached hydrogens (primary N) is 1. The minimum absolute atomic E-state index is 0.719. The molecule has 0 atom stereocenters. The predicted molar refractivity (Wildman–Crippen MR) is 75.3 cm³/mol. The van der Waals surface area contributed by atoms with E-state index in [1.165, 1.54) is 37.0 Å². The lowest BCUT2D eigenvalue weighted by atomic mass is 9.56. The fourth-order valence-corrected chi connectivity index (χ4v) is 6.17. The topological polar surface area (TPSA) is 38.9 Å². The van der Waals surface area contributed by atoms with Crippen LogP contribution >= 0.6 is 11.8 Å². The Balaban J connectivity index is 1.57. The van der Waals surface area contributed by atoms with Gasteiger partial charge in [-0.1, -0.05) is 0 Å². The second-order valence-electron chi connectivity index (χ2n) is 6.40. The number of anilines is 1. The minimum Gasteiger partial charge on any atom is -0.383 e. The third kappa shape index (κ3) is 1.75. The van der Waals surface area contributed by atoms with Gasteiger partial charge in [0.25, 0.3) is 0 Å². The normalized spacial score (nSPS) is 41.2. The molecule has 0 aromatic carbocycles. The Kier molecular flexibility index (Phi) is 2.58. The van der Waals surface area contributed by atoms with E-state index >= 15 is 0 Å². The number of nitrogen functional groups attached to an aromatic ring is 1. The summed E-state index contributed by atoms with van der Waals surface area (Å²) in [5.41, 5.74) is 5.99. The van der Waals surface area contributed by atoms with E-state index in [9.17, 15) is 0 Å². The third-order valence-corrected chi connectivity index (χ3v) is 6.84. The first kappa shape index (κ1) is 11.2. The molecular weight excluding hydrogens is 240 g/mol. The van der Waals surface area contributed by atoms with Crippen LogP contribution in [0.4, 0.5) is 5.82 Å². The first-order valence-corrected chi connectivity index (χ1v) is 8.04. The van der Waals surface area contributed by atoms with Crippen LogP contribution in [-0.2, 0) is 0 Å². The van der Waals surface area contributed by atoms with Crippen molar-refractivity contribution >= 4 is 17.6 Å². The highest BCUT2D eigenvalue weighted by Gasteiger charge is 2.48. The van der Waals surface area contributed by atoms with Gasteiger partial charge in [0.05, 0.1) is 0 Å². The van der Waals surface area contributed by atoms with Crippen LogP contribution < -0.4 is 5.73 Å². The van der Waals surface area contributed by atoms with Gasteiger partial charge < -0.3 is 5.73 Å². The van der Waals surface area contributed by atoms with Crippen LogP contribution in [-0.4, -0.2) is 10.2 Å². The fraction of sp³-hybridized carbons (Fsp3) is 0.667. The summed E-state index contributed by atoms with van der Waals surface area (Å²) in [6, 6.07) is 4.15. The van der Waals surface area contributed by atoms with Crippen LogP contribution in [0.25, 0.3) is 0 Å². The molecule has 18 heavy (non-hydrogen) atoms. The van der Waals surface area contributed by atoms with Crippen LogP contribution in [0.2, 0.25) is 0 Å². The van der Waals surface area contributed by atoms with Gasteiger partial charge >= 0.3 is 0 Å². The molecule has 4 aliphatic rings. The van der Waals surface area contributed by atoms with E-state index in [1.54, 1.807) is 6.20 Å². The van der Waals surface area contributed by atoms with Gasteiger partial charge in [0.1, 0.15) is 5.82 Å². The van der Waals surface area contributed by atoms with Gasteiger partial charge in [0, 0.05) is 16.3 Å². The first-order chi connectivity index (χ1) is 8.79. The SMILES string of the molecule is Nc1ncccc1SC1C2CC3CC(C2)CC1C3. The van der Waals surface area contributed by atoms with Crippen LogP contribution in [0.15, 0.2) is 23.2 Å². The van der Waals surface area contributed by atoms with Crippen molar-refractivity contribution in [1.29, 1.82) is 0 Å². The van der Waals surface area contributed by atoms with E-state index in [4.69, 9.17) is 5.73 Å². The maximum Gasteiger partial charge on any atom is 0.137 e. The number of hydrogen-bond donors (Lipinski definition) is 1. The number of aromatic nitrogens is 1. The Morgan fingerprint density at radius 2 is 1.72 bits per heavy atom. The smallest absolute Gasteiger partial charge is 0.137 e. The van der Waals surface area contributed by atoms with E-state index in [1.807, 2.05) is 17.8 Å². The molecule has 0 aliphatic heterocycles. The van der Waals surface area contributed by atoms with Gasteiger partial charge in [-0.15, -0.1) is 11.8 Å². The molecule has 4 bridgehead atoms. The summed E-state index contributed by atoms with van der Waals surface area (Å²) >= 11 is 2.02. The lowest BCUT2D eigenvalue weighted by molar-refractivity contribution is 0.0267. The molecule has 4 fully saturated rings. The molecular formula is C15H20N2S. The quantitative estimate of drug-likeness (QED) is 0.883. The third-order valence-electron chi connectivity index (χ3n) is 5.20. The zero-order valence-electron chi connectivity index (χ0n) is 10.6. The van der Waals surface area contributed by atoms with Crippen molar-refractivity contribution < 1.29 is 0 Å². The van der Waals surface area contributed by atoms with Crippen molar-refractivity contribution in [2.45, 2.75) is 42.2 Å². The van der Waals surface area contributed by atoms with Gasteiger partial charge in [-0.2, -0.15) is 0 Å². The maximum absolute atomic E-state index is 5.99. The van der Waals surface area contributed by atoms with E-state index in [-0.39, 0.29) is 0 Å². The van der Waals surface area contributed by atoms with Crippen molar-refractivity contribution in [3.8, 4) is 0 Å². The fourth-order valence-electron chi connectivity index (χ4n) is 4.72. The Morgan fingerprint density at radius 3 is 2.33 bits per heavy atom. The lowest BCUT2D eigenvalue weighted by Crippen LogP contribution is -2.46. The molecule has 0 saturated heterocycles. The molecule has 0 unspecified atom stereocenters. The highest BCUT2D eigenvalue weighted by atomic mass is 32.2. The van der Waals surface area contributed by atoms with Crippen molar-refractivity contribution in [1.82, 2.24) is 4.98 Å². The summed E-state index contributed by atoms with van der Waals surface area (Å²) in [4.78, 5) is 5.42. The molecule has 1 aromatic rings. The van der Waals surface area contributed by atoms with Crippen LogP contribution in [0.5, 0.6) is 0 Å². The monoisotopic (exact) mass is 260 g/mol. The van der Waals surface area contributed by atoms with Crippen molar-refractivity contribution in [2.75, 3.05) is 5.73 Å². The van der Waals surface area contributed by atoms with Crippen LogP contribution in [0.3, 0.4) is 0 Å². The zero-order valence-corrected chi connectivity index (χ0v) is 11.4. The molecule has 1 aromatic heterocycles. The van der Waals surface area contributed by atoms with Crippen molar-refractivity contribution in [3.63, 3.8) is 0 Å². The molecule has 2 nitrogen and oxygen atoms in total. The molecule has 3 heteroatoms. The standard InChI is InChI=1S/C15H20N2S/c16-15-13(2-1-3-17-15)18-14-11-5-9-4-10(7-11)8-12(14)6-9/h1-3,9-12,14H,4-8H2,(H2,16,17). The number of hydrogen-bond acceptors (Lipinski definition) is 3. The van der Waals surface area contributed by atoms with E-state index in [0.717, 1.165) is 34.7 Å². The molecule has 96 valence electrons. The summed E-state index contributed by atoms with van der Waals surface area (Å²) < 4.78 is 0. The number of nitrogens with zero attached hydrogens (tertiary/aromatic N) is 1. The molecule has 1 heterocycles. The average molecular weight is 260 g/mol. The molecule has 0 spiro atoms. The summed E-state index contributed by atoms with van der Waals surface area (Å²) in [6.07, 6.45) is 9.22. The largest absolute Gasteiger partial charge is 0.383 e. The lowest BCUT2D eigenvalue weighted by Gasteiger charge is -2.54. The first-order valence-electron chi connectivity index (χ1n) is 7.16. The van der Waals surface area contributed by atoms with E-state index in [2.05, 4.69) is 11.1 Å². The van der Waals surface area contributed by atoms with Gasteiger partial charge in [-0.05, 0) is 67.9 Å². The summed E-state index contributed by atoms with van der Waals surface area (Å²) in [7, 11) is 0. The molecule has 4 saturated carbocycles. The number of thioether (sulfide) groups is 1.